The topological polar surface area (TPSA) is 40.2 Å². The van der Waals surface area contributed by atoms with Crippen molar-refractivity contribution in [3.05, 3.63) is 46.5 Å². The molecule has 0 saturated carbocycles. The highest BCUT2D eigenvalue weighted by atomic mass is 19.4. The molecule has 0 N–H and O–H groups in total. The number of methoxy groups -OCH3 is 1. The Morgan fingerprint density at radius 1 is 1.03 bits per heavy atom. The average molecular weight is 407 g/mol. The third-order valence-corrected chi connectivity index (χ3v) is 5.77. The summed E-state index contributed by atoms with van der Waals surface area (Å²) in [4.78, 5) is 2.39. The first-order chi connectivity index (χ1) is 13.9. The second-order valence-corrected chi connectivity index (χ2v) is 7.52. The summed E-state index contributed by atoms with van der Waals surface area (Å²) < 4.78 is 59.2. The molecule has 0 radical (unpaired) electrons. The molecular weight excluding hydrogens is 387 g/mol. The van der Waals surface area contributed by atoms with Crippen LogP contribution in [0.4, 0.5) is 13.2 Å². The van der Waals surface area contributed by atoms with Crippen molar-refractivity contribution in [2.75, 3.05) is 27.1 Å². The zero-order valence-electron chi connectivity index (χ0n) is 15.8. The zero-order valence-corrected chi connectivity index (χ0v) is 15.8. The normalized spacial score (nSPS) is 19.9. The maximum Gasteiger partial charge on any atom is 0.422 e. The van der Waals surface area contributed by atoms with Crippen LogP contribution in [0.1, 0.15) is 28.3 Å². The number of nitrogens with zero attached hydrogens (tertiary/aromatic N) is 1. The third kappa shape index (κ3) is 3.35. The van der Waals surface area contributed by atoms with Gasteiger partial charge in [0.15, 0.2) is 29.6 Å². The Morgan fingerprint density at radius 2 is 1.79 bits per heavy atom. The second kappa shape index (κ2) is 6.73. The van der Waals surface area contributed by atoms with Crippen molar-refractivity contribution in [1.29, 1.82) is 0 Å². The quantitative estimate of drug-likeness (QED) is 0.769. The van der Waals surface area contributed by atoms with Gasteiger partial charge in [0, 0.05) is 19.1 Å². The van der Waals surface area contributed by atoms with Gasteiger partial charge < -0.3 is 18.9 Å². The lowest BCUT2D eigenvalue weighted by Gasteiger charge is -2.41. The number of hydrogen-bond donors (Lipinski definition) is 0. The number of benzene rings is 2. The molecule has 0 bridgehead atoms. The van der Waals surface area contributed by atoms with Gasteiger partial charge in [0.1, 0.15) is 0 Å². The summed E-state index contributed by atoms with van der Waals surface area (Å²) in [6, 6.07) is 7.73. The maximum absolute atomic E-state index is 12.6. The van der Waals surface area contributed by atoms with Crippen LogP contribution in [0.25, 0.3) is 0 Å². The molecule has 2 aromatic carbocycles. The van der Waals surface area contributed by atoms with E-state index < -0.39 is 12.8 Å². The van der Waals surface area contributed by atoms with E-state index in [1.807, 2.05) is 6.07 Å². The molecule has 0 spiro atoms. The van der Waals surface area contributed by atoms with E-state index in [2.05, 4.69) is 11.0 Å². The molecule has 0 fully saturated rings. The molecule has 3 aliphatic heterocycles. The molecule has 0 amide bonds. The van der Waals surface area contributed by atoms with Crippen LogP contribution >= 0.6 is 0 Å². The van der Waals surface area contributed by atoms with E-state index in [9.17, 15) is 13.2 Å². The Kier molecular flexibility index (Phi) is 4.27. The summed E-state index contributed by atoms with van der Waals surface area (Å²) >= 11 is 0. The highest BCUT2D eigenvalue weighted by molar-refractivity contribution is 5.53. The third-order valence-electron chi connectivity index (χ3n) is 5.77. The van der Waals surface area contributed by atoms with Crippen molar-refractivity contribution in [2.45, 2.75) is 31.6 Å². The number of ether oxygens (including phenoxy) is 4. The van der Waals surface area contributed by atoms with Crippen LogP contribution < -0.4 is 18.9 Å². The van der Waals surface area contributed by atoms with Crippen LogP contribution in [-0.2, 0) is 19.4 Å². The smallest absolute Gasteiger partial charge is 0.422 e. The molecule has 1 atom stereocenters. The van der Waals surface area contributed by atoms with Gasteiger partial charge in [-0.05, 0) is 59.4 Å². The average Bonchev–Trinajstić information content (AvgIpc) is 3.15. The monoisotopic (exact) mass is 407 g/mol. The lowest BCUT2D eigenvalue weighted by molar-refractivity contribution is -0.153. The zero-order chi connectivity index (χ0) is 20.2. The van der Waals surface area contributed by atoms with Crippen molar-refractivity contribution in [3.8, 4) is 23.0 Å². The van der Waals surface area contributed by atoms with Crippen LogP contribution in [-0.4, -0.2) is 38.1 Å². The predicted octanol–water partition coefficient (Wildman–Crippen LogP) is 4.02. The molecule has 2 aromatic rings. The van der Waals surface area contributed by atoms with E-state index in [1.165, 1.54) is 18.2 Å². The van der Waals surface area contributed by atoms with Crippen LogP contribution in [0.15, 0.2) is 24.3 Å². The Morgan fingerprint density at radius 3 is 2.55 bits per heavy atom. The van der Waals surface area contributed by atoms with Crippen molar-refractivity contribution in [1.82, 2.24) is 4.90 Å². The minimum atomic E-state index is -4.40. The molecule has 3 heterocycles. The molecule has 29 heavy (non-hydrogen) atoms. The van der Waals surface area contributed by atoms with Gasteiger partial charge in [-0.15, -0.1) is 0 Å². The maximum atomic E-state index is 12.6. The first-order valence-electron chi connectivity index (χ1n) is 9.47. The minimum absolute atomic E-state index is 0.124. The summed E-state index contributed by atoms with van der Waals surface area (Å²) in [7, 11) is 1.44. The number of alkyl halides is 3. The fourth-order valence-corrected chi connectivity index (χ4v) is 4.41. The molecule has 1 unspecified atom stereocenters. The first kappa shape index (κ1) is 18.4. The van der Waals surface area contributed by atoms with Gasteiger partial charge in [0.2, 0.25) is 6.79 Å². The fraction of sp³-hybridized carbons (Fsp3) is 0.429. The van der Waals surface area contributed by atoms with E-state index in [-0.39, 0.29) is 18.6 Å². The molecule has 0 saturated heterocycles. The SMILES string of the molecule is COc1cc2c(cc1OCC(F)(F)F)CC1c3cc4c(cc3CCN1C2)OCO4. The van der Waals surface area contributed by atoms with Crippen LogP contribution in [0.3, 0.4) is 0 Å². The van der Waals surface area contributed by atoms with E-state index in [4.69, 9.17) is 18.9 Å². The number of hydrogen-bond acceptors (Lipinski definition) is 5. The first-order valence-corrected chi connectivity index (χ1v) is 9.47. The molecule has 8 heteroatoms. The van der Waals surface area contributed by atoms with E-state index in [0.29, 0.717) is 18.7 Å². The summed E-state index contributed by atoms with van der Waals surface area (Å²) in [5, 5.41) is 0. The van der Waals surface area contributed by atoms with Gasteiger partial charge in [0.25, 0.3) is 0 Å². The number of halogens is 3. The van der Waals surface area contributed by atoms with Gasteiger partial charge in [-0.3, -0.25) is 4.90 Å². The summed E-state index contributed by atoms with van der Waals surface area (Å²) in [5.74, 6) is 1.98. The van der Waals surface area contributed by atoms with Crippen LogP contribution in [0, 0.1) is 0 Å². The van der Waals surface area contributed by atoms with Gasteiger partial charge in [-0.25, -0.2) is 0 Å². The van der Waals surface area contributed by atoms with E-state index in [0.717, 1.165) is 35.6 Å². The highest BCUT2D eigenvalue weighted by Gasteiger charge is 2.35. The fourth-order valence-electron chi connectivity index (χ4n) is 4.41. The van der Waals surface area contributed by atoms with Crippen LogP contribution in [0.2, 0.25) is 0 Å². The second-order valence-electron chi connectivity index (χ2n) is 7.52. The van der Waals surface area contributed by atoms with Crippen molar-refractivity contribution in [3.63, 3.8) is 0 Å². The van der Waals surface area contributed by atoms with E-state index >= 15 is 0 Å². The van der Waals surface area contributed by atoms with Gasteiger partial charge in [-0.2, -0.15) is 13.2 Å². The van der Waals surface area contributed by atoms with E-state index in [1.54, 1.807) is 12.1 Å². The Balaban J connectivity index is 1.48. The Labute approximate surface area is 165 Å². The van der Waals surface area contributed by atoms with Crippen molar-refractivity contribution < 1.29 is 32.1 Å². The van der Waals surface area contributed by atoms with Crippen molar-refractivity contribution >= 4 is 0 Å². The molecule has 5 nitrogen and oxygen atoms in total. The molecule has 0 aliphatic carbocycles. The van der Waals surface area contributed by atoms with Gasteiger partial charge in [-0.1, -0.05) is 0 Å². The van der Waals surface area contributed by atoms with Crippen molar-refractivity contribution in [2.24, 2.45) is 0 Å². The molecule has 0 aromatic heterocycles. The molecule has 3 aliphatic rings. The molecular formula is C21H20F3NO4. The van der Waals surface area contributed by atoms with Crippen LogP contribution in [0.5, 0.6) is 23.0 Å². The highest BCUT2D eigenvalue weighted by Crippen LogP contribution is 2.45. The lowest BCUT2D eigenvalue weighted by Crippen LogP contribution is -2.39. The summed E-state index contributed by atoms with van der Waals surface area (Å²) in [6.45, 7) is 0.508. The predicted molar refractivity (Wildman–Crippen MR) is 97.7 cm³/mol. The minimum Gasteiger partial charge on any atom is -0.493 e. The summed E-state index contributed by atoms with van der Waals surface area (Å²) in [6.07, 6.45) is -2.79. The van der Waals surface area contributed by atoms with Gasteiger partial charge >= 0.3 is 6.18 Å². The molecule has 5 rings (SSSR count). The Hall–Kier alpha value is -2.61. The summed E-state index contributed by atoms with van der Waals surface area (Å²) in [5.41, 5.74) is 4.47. The molecule has 154 valence electrons. The number of fused-ring (bicyclic) bond motifs is 5. The Bertz CT molecular complexity index is 960. The lowest BCUT2D eigenvalue weighted by atomic mass is 9.83. The van der Waals surface area contributed by atoms with Gasteiger partial charge in [0.05, 0.1) is 7.11 Å². The number of rotatable bonds is 3. The largest absolute Gasteiger partial charge is 0.493 e. The standard InChI is InChI=1S/C21H20F3NO4/c1-26-17-7-14-9-25-3-2-12-5-19-20(29-11-28-19)8-15(12)16(25)4-13(14)6-18(17)27-10-21(22,23)24/h5-8,16H,2-4,9-11H2,1H3.